The number of pyridine rings is 2. The molecule has 3 aliphatic heterocycles. The first-order valence-corrected chi connectivity index (χ1v) is 19.0. The second-order valence-electron chi connectivity index (χ2n) is 13.6. The van der Waals surface area contributed by atoms with E-state index >= 15 is 0 Å². The lowest BCUT2D eigenvalue weighted by molar-refractivity contribution is -0.178. The van der Waals surface area contributed by atoms with Gasteiger partial charge < -0.3 is 31.1 Å². The van der Waals surface area contributed by atoms with Gasteiger partial charge in [-0.1, -0.05) is 47.4 Å². The van der Waals surface area contributed by atoms with Crippen LogP contribution in [0.5, 0.6) is 0 Å². The molecule has 5 heterocycles. The number of carbonyl (C=O) groups excluding carboxylic acids is 4. The predicted octanol–water partition coefficient (Wildman–Crippen LogP) is 3.01. The zero-order chi connectivity index (χ0) is 41.7. The van der Waals surface area contributed by atoms with Crippen LogP contribution in [0.1, 0.15) is 69.5 Å². The van der Waals surface area contributed by atoms with E-state index in [-0.39, 0.29) is 37.3 Å². The summed E-state index contributed by atoms with van der Waals surface area (Å²) >= 11 is 0. The predicted molar refractivity (Wildman–Crippen MR) is 226 cm³/mol. The molecule has 0 spiro atoms. The second kappa shape index (κ2) is 18.3. The van der Waals surface area contributed by atoms with Crippen LogP contribution in [0.15, 0.2) is 110 Å². The van der Waals surface area contributed by atoms with Gasteiger partial charge in [-0.25, -0.2) is 19.2 Å². The molecule has 14 heteroatoms. The van der Waals surface area contributed by atoms with Crippen LogP contribution in [0, 0.1) is 47.4 Å². The molecule has 0 bridgehead atoms. The van der Waals surface area contributed by atoms with Gasteiger partial charge in [0, 0.05) is 69.3 Å². The zero-order valence-corrected chi connectivity index (χ0v) is 33.5. The molecule has 3 aromatic carbocycles. The van der Waals surface area contributed by atoms with Crippen molar-refractivity contribution < 1.29 is 39.6 Å². The fourth-order valence-electron chi connectivity index (χ4n) is 7.28. The van der Waals surface area contributed by atoms with Crippen molar-refractivity contribution in [3.63, 3.8) is 0 Å². The summed E-state index contributed by atoms with van der Waals surface area (Å²) in [4.78, 5) is 66.5. The Balaban J connectivity index is 0.00000321. The highest BCUT2D eigenvalue weighted by atomic mass is 16.5. The van der Waals surface area contributed by atoms with Crippen LogP contribution in [-0.4, -0.2) is 79.3 Å². The molecule has 6 N–H and O–H groups in total. The Morgan fingerprint density at radius 3 is 1.21 bits per heavy atom. The van der Waals surface area contributed by atoms with Gasteiger partial charge in [0.2, 0.25) is 0 Å². The standard InChI is InChI=1S/C48H34N6O6.2H2O/c1-3-59-43(55)47-48(44(56)60-4-2)53(45(57)51-47)31-41-39(19-17-35-9-5-33(6-10-35)13-15-37-23-27-49-28-24-37)21-22-40(42(41)32-54(48)46(58)52-47)20-18-36-11-7-34(8-12-36)14-16-38-25-29-50-30-26-38;;/h5-12,21-30H,3-4,31-32H2,1-2H3,(H,51,57)(H,52,58);2*1H2. The monoisotopic (exact) mass is 826 g/mol. The molecule has 2 fully saturated rings. The van der Waals surface area contributed by atoms with Crippen molar-refractivity contribution in [3.05, 3.63) is 165 Å². The number of rotatable bonds is 4. The van der Waals surface area contributed by atoms with E-state index in [2.05, 4.69) is 68.0 Å². The molecule has 0 saturated carbocycles. The zero-order valence-electron chi connectivity index (χ0n) is 33.5. The molecule has 308 valence electrons. The lowest BCUT2D eigenvalue weighted by Crippen LogP contribution is -2.74. The summed E-state index contributed by atoms with van der Waals surface area (Å²) in [5, 5.41) is 5.18. The van der Waals surface area contributed by atoms with E-state index in [1.165, 1.54) is 0 Å². The molecular weight excluding hydrogens is 789 g/mol. The maximum absolute atomic E-state index is 14.3. The molecule has 5 aromatic rings. The molecule has 8 rings (SSSR count). The van der Waals surface area contributed by atoms with Gasteiger partial charge >= 0.3 is 24.0 Å². The first-order chi connectivity index (χ1) is 29.2. The number of urea groups is 2. The Morgan fingerprint density at radius 2 is 0.855 bits per heavy atom. The van der Waals surface area contributed by atoms with Crippen molar-refractivity contribution in [2.45, 2.75) is 38.3 Å². The van der Waals surface area contributed by atoms with Crippen molar-refractivity contribution in [1.29, 1.82) is 0 Å². The molecule has 2 aromatic heterocycles. The topological polar surface area (TPSA) is 206 Å². The van der Waals surface area contributed by atoms with Gasteiger partial charge in [0.1, 0.15) is 0 Å². The summed E-state index contributed by atoms with van der Waals surface area (Å²) in [7, 11) is 0. The number of aromatic nitrogens is 2. The summed E-state index contributed by atoms with van der Waals surface area (Å²) in [6.45, 7) is 2.54. The summed E-state index contributed by atoms with van der Waals surface area (Å²) in [6.07, 6.45) is 6.75. The minimum Gasteiger partial charge on any atom is -0.463 e. The van der Waals surface area contributed by atoms with Crippen LogP contribution >= 0.6 is 0 Å². The van der Waals surface area contributed by atoms with E-state index in [0.717, 1.165) is 32.1 Å². The molecule has 0 unspecified atom stereocenters. The Bertz CT molecular complexity index is 2630. The summed E-state index contributed by atoms with van der Waals surface area (Å²) in [6, 6.07) is 24.3. The Labute approximate surface area is 357 Å². The Hall–Kier alpha value is -8.40. The number of nitrogens with one attached hydrogen (secondary N) is 2. The average Bonchev–Trinajstić information content (AvgIpc) is 3.57. The number of hydrogen-bond donors (Lipinski definition) is 2. The minimum absolute atomic E-state index is 0. The van der Waals surface area contributed by atoms with E-state index in [1.54, 1.807) is 50.8 Å². The average molecular weight is 827 g/mol. The maximum atomic E-state index is 14.3. The Kier molecular flexibility index (Phi) is 12.7. The number of ether oxygens (including phenoxy) is 2. The van der Waals surface area contributed by atoms with Crippen LogP contribution in [0.3, 0.4) is 0 Å². The molecule has 14 nitrogen and oxygen atoms in total. The van der Waals surface area contributed by atoms with E-state index in [9.17, 15) is 19.2 Å². The highest BCUT2D eigenvalue weighted by Gasteiger charge is 2.82. The number of nitrogens with zero attached hydrogens (tertiary/aromatic N) is 4. The Morgan fingerprint density at radius 1 is 0.532 bits per heavy atom. The highest BCUT2D eigenvalue weighted by molar-refractivity contribution is 6.09. The van der Waals surface area contributed by atoms with Crippen molar-refractivity contribution in [1.82, 2.24) is 30.4 Å². The van der Waals surface area contributed by atoms with Crippen molar-refractivity contribution in [2.75, 3.05) is 13.2 Å². The molecular formula is C48H38N6O8. The van der Waals surface area contributed by atoms with Gasteiger partial charge in [0.15, 0.2) is 0 Å². The van der Waals surface area contributed by atoms with Crippen molar-refractivity contribution in [2.24, 2.45) is 0 Å². The highest BCUT2D eigenvalue weighted by Crippen LogP contribution is 2.47. The van der Waals surface area contributed by atoms with Gasteiger partial charge in [-0.2, -0.15) is 0 Å². The van der Waals surface area contributed by atoms with Gasteiger partial charge in [0.25, 0.3) is 11.3 Å². The molecule has 3 aliphatic rings. The summed E-state index contributed by atoms with van der Waals surface area (Å²) < 4.78 is 10.9. The van der Waals surface area contributed by atoms with Gasteiger partial charge in [-0.3, -0.25) is 19.8 Å². The molecule has 0 radical (unpaired) electrons. The maximum Gasteiger partial charge on any atom is 0.358 e. The quantitative estimate of drug-likeness (QED) is 0.203. The molecule has 62 heavy (non-hydrogen) atoms. The second-order valence-corrected chi connectivity index (χ2v) is 13.6. The van der Waals surface area contributed by atoms with Crippen LogP contribution in [0.25, 0.3) is 0 Å². The van der Waals surface area contributed by atoms with Crippen molar-refractivity contribution >= 4 is 24.0 Å². The first kappa shape index (κ1) is 43.2. The normalized spacial score (nSPS) is 17.3. The lowest BCUT2D eigenvalue weighted by atomic mass is 9.93. The number of benzene rings is 3. The number of hydrogen-bond acceptors (Lipinski definition) is 8. The van der Waals surface area contributed by atoms with E-state index in [1.807, 2.05) is 72.8 Å². The SMILES string of the molecule is CCOC(=O)C12NC(=O)N3Cc4c(C#Cc5ccc(C#Cc6ccncc6)cc5)ccc(C#Cc5ccc(C#Cc6ccncc6)cc5)c4CN(C(=O)N1)C32C(=O)OCC.O.O. The fourth-order valence-corrected chi connectivity index (χ4v) is 7.28. The summed E-state index contributed by atoms with van der Waals surface area (Å²) in [5.74, 6) is 23.4. The van der Waals surface area contributed by atoms with Crippen LogP contribution in [0.4, 0.5) is 9.59 Å². The van der Waals surface area contributed by atoms with E-state index in [0.29, 0.717) is 33.4 Å². The van der Waals surface area contributed by atoms with Gasteiger partial charge in [-0.05, 0) is 110 Å². The number of esters is 2. The third kappa shape index (κ3) is 7.87. The smallest absolute Gasteiger partial charge is 0.358 e. The third-order valence-corrected chi connectivity index (χ3v) is 10.1. The van der Waals surface area contributed by atoms with Crippen LogP contribution in [-0.2, 0) is 32.2 Å². The molecule has 4 amide bonds. The van der Waals surface area contributed by atoms with Crippen LogP contribution < -0.4 is 10.6 Å². The van der Waals surface area contributed by atoms with Crippen LogP contribution in [0.2, 0.25) is 0 Å². The summed E-state index contributed by atoms with van der Waals surface area (Å²) in [5.41, 5.74) is 2.21. The number of carbonyl (C=O) groups is 4. The third-order valence-electron chi connectivity index (χ3n) is 10.1. The number of fused-ring (bicyclic) bond motifs is 1. The van der Waals surface area contributed by atoms with Gasteiger partial charge in [0.05, 0.1) is 26.3 Å². The van der Waals surface area contributed by atoms with E-state index < -0.39 is 35.3 Å². The fraction of sp³-hybridized carbons (Fsp3) is 0.167. The molecule has 2 saturated heterocycles. The number of amides is 4. The molecule has 0 aliphatic carbocycles. The molecule has 0 atom stereocenters. The lowest BCUT2D eigenvalue weighted by Gasteiger charge is -2.40. The first-order valence-electron chi connectivity index (χ1n) is 19.0. The largest absolute Gasteiger partial charge is 0.463 e. The van der Waals surface area contributed by atoms with E-state index in [4.69, 9.17) is 9.47 Å². The van der Waals surface area contributed by atoms with Crippen molar-refractivity contribution in [3.8, 4) is 47.4 Å². The van der Waals surface area contributed by atoms with Gasteiger partial charge in [-0.15, -0.1) is 0 Å². The minimum atomic E-state index is -2.31.